The van der Waals surface area contributed by atoms with Gasteiger partial charge in [0, 0.05) is 6.54 Å². The summed E-state index contributed by atoms with van der Waals surface area (Å²) in [5, 5.41) is 0. The van der Waals surface area contributed by atoms with Crippen molar-refractivity contribution in [1.29, 1.82) is 0 Å². The van der Waals surface area contributed by atoms with E-state index in [0.29, 0.717) is 11.1 Å². The van der Waals surface area contributed by atoms with E-state index in [1.54, 1.807) is 0 Å². The molecule has 0 atom stereocenters. The third-order valence-corrected chi connectivity index (χ3v) is 2.85. The molecule has 0 aliphatic rings. The zero-order chi connectivity index (χ0) is 13.3. The second-order valence-corrected chi connectivity index (χ2v) is 4.06. The van der Waals surface area contributed by atoms with Gasteiger partial charge in [-0.15, -0.1) is 0 Å². The minimum absolute atomic E-state index is 0.0857. The number of rotatable bonds is 2. The summed E-state index contributed by atoms with van der Waals surface area (Å²) < 4.78 is 41.0. The van der Waals surface area contributed by atoms with Gasteiger partial charge in [0.1, 0.15) is 17.5 Å². The smallest absolute Gasteiger partial charge is 0.136 e. The fourth-order valence-electron chi connectivity index (χ4n) is 1.86. The van der Waals surface area contributed by atoms with Gasteiger partial charge in [-0.3, -0.25) is 0 Å². The molecule has 0 amide bonds. The van der Waals surface area contributed by atoms with Gasteiger partial charge in [-0.25, -0.2) is 13.2 Å². The average molecular weight is 251 g/mol. The third-order valence-electron chi connectivity index (χ3n) is 2.85. The highest BCUT2D eigenvalue weighted by atomic mass is 19.1. The van der Waals surface area contributed by atoms with Crippen molar-refractivity contribution < 1.29 is 13.2 Å². The molecule has 2 aromatic rings. The Labute approximate surface area is 103 Å². The van der Waals surface area contributed by atoms with Crippen LogP contribution in [0.2, 0.25) is 0 Å². The summed E-state index contributed by atoms with van der Waals surface area (Å²) in [6.45, 7) is 1.61. The maximum Gasteiger partial charge on any atom is 0.136 e. The fourth-order valence-corrected chi connectivity index (χ4v) is 1.86. The molecule has 18 heavy (non-hydrogen) atoms. The number of nitrogens with two attached hydrogens (primary N) is 1. The molecule has 0 radical (unpaired) electrons. The van der Waals surface area contributed by atoms with E-state index >= 15 is 0 Å². The molecule has 0 heterocycles. The summed E-state index contributed by atoms with van der Waals surface area (Å²) >= 11 is 0. The van der Waals surface area contributed by atoms with Crippen LogP contribution in [0.3, 0.4) is 0 Å². The van der Waals surface area contributed by atoms with Gasteiger partial charge >= 0.3 is 0 Å². The van der Waals surface area contributed by atoms with Gasteiger partial charge in [0.2, 0.25) is 0 Å². The molecule has 2 aromatic carbocycles. The quantitative estimate of drug-likeness (QED) is 0.868. The SMILES string of the molecule is Cc1ccc(F)c(-c2cc(F)ccc2CN)c1F. The minimum Gasteiger partial charge on any atom is -0.326 e. The Morgan fingerprint density at radius 2 is 1.78 bits per heavy atom. The lowest BCUT2D eigenvalue weighted by Crippen LogP contribution is -2.02. The molecule has 0 spiro atoms. The summed E-state index contributed by atoms with van der Waals surface area (Å²) in [6, 6.07) is 6.26. The van der Waals surface area contributed by atoms with Crippen molar-refractivity contribution in [3.05, 3.63) is 58.9 Å². The number of hydrogen-bond donors (Lipinski definition) is 1. The van der Waals surface area contributed by atoms with Crippen molar-refractivity contribution in [3.8, 4) is 11.1 Å². The number of halogens is 3. The van der Waals surface area contributed by atoms with Gasteiger partial charge in [0.15, 0.2) is 0 Å². The Bertz CT molecular complexity index is 594. The van der Waals surface area contributed by atoms with Gasteiger partial charge in [-0.05, 0) is 41.8 Å². The molecule has 1 nitrogen and oxygen atoms in total. The van der Waals surface area contributed by atoms with Gasteiger partial charge in [-0.1, -0.05) is 12.1 Å². The molecule has 0 aliphatic heterocycles. The van der Waals surface area contributed by atoms with Crippen molar-refractivity contribution in [3.63, 3.8) is 0 Å². The molecular weight excluding hydrogens is 239 g/mol. The van der Waals surface area contributed by atoms with E-state index in [0.717, 1.165) is 6.07 Å². The van der Waals surface area contributed by atoms with E-state index in [1.807, 2.05) is 0 Å². The first-order chi connectivity index (χ1) is 8.54. The molecule has 2 N–H and O–H groups in total. The van der Waals surface area contributed by atoms with Crippen LogP contribution in [0.5, 0.6) is 0 Å². The second-order valence-electron chi connectivity index (χ2n) is 4.06. The van der Waals surface area contributed by atoms with Crippen molar-refractivity contribution >= 4 is 0 Å². The molecule has 0 bridgehead atoms. The molecule has 0 saturated heterocycles. The van der Waals surface area contributed by atoms with E-state index < -0.39 is 17.5 Å². The topological polar surface area (TPSA) is 26.0 Å². The van der Waals surface area contributed by atoms with Crippen LogP contribution in [0.25, 0.3) is 11.1 Å². The van der Waals surface area contributed by atoms with Crippen molar-refractivity contribution in [2.24, 2.45) is 5.73 Å². The van der Waals surface area contributed by atoms with Crippen LogP contribution in [0.4, 0.5) is 13.2 Å². The predicted octanol–water partition coefficient (Wildman–Crippen LogP) is 3.54. The lowest BCUT2D eigenvalue weighted by atomic mass is 9.97. The Morgan fingerprint density at radius 3 is 2.44 bits per heavy atom. The first-order valence-electron chi connectivity index (χ1n) is 5.48. The van der Waals surface area contributed by atoms with Gasteiger partial charge < -0.3 is 5.73 Å². The summed E-state index contributed by atoms with van der Waals surface area (Å²) in [5.74, 6) is -1.96. The van der Waals surface area contributed by atoms with E-state index in [-0.39, 0.29) is 17.7 Å². The van der Waals surface area contributed by atoms with Crippen LogP contribution >= 0.6 is 0 Å². The van der Waals surface area contributed by atoms with E-state index in [4.69, 9.17) is 5.73 Å². The second kappa shape index (κ2) is 4.82. The Hall–Kier alpha value is -1.81. The monoisotopic (exact) mass is 251 g/mol. The molecule has 4 heteroatoms. The number of benzene rings is 2. The average Bonchev–Trinajstić information content (AvgIpc) is 2.35. The fraction of sp³-hybridized carbons (Fsp3) is 0.143. The highest BCUT2D eigenvalue weighted by Gasteiger charge is 2.16. The van der Waals surface area contributed by atoms with Crippen molar-refractivity contribution in [1.82, 2.24) is 0 Å². The van der Waals surface area contributed by atoms with Crippen LogP contribution in [0.1, 0.15) is 11.1 Å². The van der Waals surface area contributed by atoms with Crippen molar-refractivity contribution in [2.45, 2.75) is 13.5 Å². The molecule has 0 saturated carbocycles. The largest absolute Gasteiger partial charge is 0.326 e. The van der Waals surface area contributed by atoms with E-state index in [9.17, 15) is 13.2 Å². The lowest BCUT2D eigenvalue weighted by molar-refractivity contribution is 0.582. The third kappa shape index (κ3) is 2.11. The van der Waals surface area contributed by atoms with Gasteiger partial charge in [-0.2, -0.15) is 0 Å². The van der Waals surface area contributed by atoms with Crippen LogP contribution in [0.15, 0.2) is 30.3 Å². The first-order valence-corrected chi connectivity index (χ1v) is 5.48. The molecule has 94 valence electrons. The molecule has 0 aromatic heterocycles. The lowest BCUT2D eigenvalue weighted by Gasteiger charge is -2.11. The maximum absolute atomic E-state index is 14.0. The Kier molecular flexibility index (Phi) is 3.39. The normalized spacial score (nSPS) is 10.7. The molecule has 0 unspecified atom stereocenters. The molecule has 0 fully saturated rings. The molecular formula is C14H12F3N. The Balaban J connectivity index is 2.76. The Morgan fingerprint density at radius 1 is 1.06 bits per heavy atom. The predicted molar refractivity (Wildman–Crippen MR) is 64.4 cm³/mol. The molecule has 0 aliphatic carbocycles. The highest BCUT2D eigenvalue weighted by Crippen LogP contribution is 2.31. The van der Waals surface area contributed by atoms with Crippen LogP contribution in [-0.4, -0.2) is 0 Å². The summed E-state index contributed by atoms with van der Waals surface area (Å²) in [4.78, 5) is 0. The van der Waals surface area contributed by atoms with Gasteiger partial charge in [0.05, 0.1) is 5.56 Å². The highest BCUT2D eigenvalue weighted by molar-refractivity contribution is 5.69. The zero-order valence-electron chi connectivity index (χ0n) is 9.81. The van der Waals surface area contributed by atoms with E-state index in [2.05, 4.69) is 0 Å². The van der Waals surface area contributed by atoms with Gasteiger partial charge in [0.25, 0.3) is 0 Å². The maximum atomic E-state index is 14.0. The molecule has 2 rings (SSSR count). The summed E-state index contributed by atoms with van der Waals surface area (Å²) in [6.07, 6.45) is 0. The first kappa shape index (κ1) is 12.6. The minimum atomic E-state index is -0.724. The number of hydrogen-bond acceptors (Lipinski definition) is 1. The standard InChI is InChI=1S/C14H12F3N/c1-8-2-5-12(16)13(14(8)17)11-6-10(15)4-3-9(11)7-18/h2-6H,7,18H2,1H3. The summed E-state index contributed by atoms with van der Waals surface area (Å²) in [7, 11) is 0. The zero-order valence-corrected chi connectivity index (χ0v) is 9.81. The van der Waals surface area contributed by atoms with Crippen LogP contribution in [0, 0.1) is 24.4 Å². The number of aryl methyl sites for hydroxylation is 1. The van der Waals surface area contributed by atoms with E-state index in [1.165, 1.54) is 31.2 Å². The summed E-state index contributed by atoms with van der Waals surface area (Å²) in [5.41, 5.74) is 6.25. The van der Waals surface area contributed by atoms with Crippen molar-refractivity contribution in [2.75, 3.05) is 0 Å². The van der Waals surface area contributed by atoms with Crippen LogP contribution in [-0.2, 0) is 6.54 Å². The van der Waals surface area contributed by atoms with Crippen LogP contribution < -0.4 is 5.73 Å².